The molecule has 0 aliphatic rings. The number of esters is 2. The van der Waals surface area contributed by atoms with Gasteiger partial charge in [-0.2, -0.15) is 5.10 Å². The molecule has 0 aliphatic heterocycles. The average molecular weight is 456 g/mol. The van der Waals surface area contributed by atoms with Crippen LogP contribution in [0.1, 0.15) is 36.9 Å². The van der Waals surface area contributed by atoms with Gasteiger partial charge >= 0.3 is 11.9 Å². The zero-order chi connectivity index (χ0) is 23.4. The normalized spacial score (nSPS) is 10.4. The van der Waals surface area contributed by atoms with Crippen LogP contribution in [0.15, 0.2) is 53.3 Å². The van der Waals surface area contributed by atoms with E-state index in [0.717, 1.165) is 0 Å². The van der Waals surface area contributed by atoms with E-state index in [0.29, 0.717) is 16.4 Å². The minimum Gasteiger partial charge on any atom is -0.465 e. The molecule has 0 spiro atoms. The molecule has 164 valence electrons. The van der Waals surface area contributed by atoms with Gasteiger partial charge in [0.1, 0.15) is 0 Å². The van der Waals surface area contributed by atoms with Gasteiger partial charge in [-0.05, 0) is 49.4 Å². The van der Waals surface area contributed by atoms with E-state index in [2.05, 4.69) is 19.9 Å². The highest BCUT2D eigenvalue weighted by Crippen LogP contribution is 2.18. The van der Waals surface area contributed by atoms with E-state index in [1.807, 2.05) is 0 Å². The number of aromatic nitrogens is 2. The highest BCUT2D eigenvalue weighted by Gasteiger charge is 2.19. The molecule has 1 heterocycles. The summed E-state index contributed by atoms with van der Waals surface area (Å²) >= 11 is 5.92. The maximum atomic E-state index is 12.8. The average Bonchev–Trinajstić information content (AvgIpc) is 2.78. The third-order valence-electron chi connectivity index (χ3n) is 4.43. The Hall–Kier alpha value is -3.98. The molecular formula is C22H18ClN3O6. The van der Waals surface area contributed by atoms with Crippen LogP contribution in [0.2, 0.25) is 5.02 Å². The van der Waals surface area contributed by atoms with Crippen LogP contribution in [0.5, 0.6) is 0 Å². The molecule has 9 nitrogen and oxygen atoms in total. The molecule has 0 bridgehead atoms. The van der Waals surface area contributed by atoms with Gasteiger partial charge < -0.3 is 14.8 Å². The van der Waals surface area contributed by atoms with Crippen molar-refractivity contribution in [2.24, 2.45) is 0 Å². The van der Waals surface area contributed by atoms with E-state index in [1.165, 1.54) is 43.2 Å². The van der Waals surface area contributed by atoms with E-state index in [9.17, 15) is 19.2 Å². The van der Waals surface area contributed by atoms with Gasteiger partial charge in [-0.3, -0.25) is 9.59 Å². The Morgan fingerprint density at radius 2 is 1.50 bits per heavy atom. The lowest BCUT2D eigenvalue weighted by molar-refractivity contribution is 0.0599. The molecule has 1 N–H and O–H groups in total. The molecule has 3 aromatic rings. The van der Waals surface area contributed by atoms with Gasteiger partial charge in [0.25, 0.3) is 5.91 Å². The van der Waals surface area contributed by atoms with Crippen LogP contribution in [-0.4, -0.2) is 41.8 Å². The summed E-state index contributed by atoms with van der Waals surface area (Å²) in [7, 11) is 2.36. The van der Waals surface area contributed by atoms with Gasteiger partial charge in [0.15, 0.2) is 5.69 Å². The number of anilines is 1. The quantitative estimate of drug-likeness (QED) is 0.587. The van der Waals surface area contributed by atoms with Gasteiger partial charge in [0.2, 0.25) is 5.43 Å². The molecule has 0 unspecified atom stereocenters. The standard InChI is InChI=1S/C22H18ClN3O6/c1-12-8-18(27)19(25-26(12)17-6-4-15(23)5-7-17)20(28)24-16-10-13(21(29)31-2)9-14(11-16)22(30)32-3/h4-11H,1-3H3,(H,24,28). The SMILES string of the molecule is COC(=O)c1cc(NC(=O)c2nn(-c3ccc(Cl)cc3)c(C)cc2=O)cc(C(=O)OC)c1. The number of carbonyl (C=O) groups excluding carboxylic acids is 3. The lowest BCUT2D eigenvalue weighted by Crippen LogP contribution is -2.27. The lowest BCUT2D eigenvalue weighted by atomic mass is 10.1. The summed E-state index contributed by atoms with van der Waals surface area (Å²) < 4.78 is 10.8. The molecule has 1 amide bonds. The summed E-state index contributed by atoms with van der Waals surface area (Å²) in [4.78, 5) is 49.2. The summed E-state index contributed by atoms with van der Waals surface area (Å²) in [5, 5.41) is 7.20. The molecule has 0 aliphatic carbocycles. The van der Waals surface area contributed by atoms with Gasteiger partial charge in [-0.1, -0.05) is 11.6 Å². The zero-order valence-electron chi connectivity index (χ0n) is 17.3. The molecule has 0 atom stereocenters. The number of halogens is 1. The molecule has 32 heavy (non-hydrogen) atoms. The second-order valence-corrected chi connectivity index (χ2v) is 7.06. The van der Waals surface area contributed by atoms with Crippen LogP contribution in [0.25, 0.3) is 5.69 Å². The van der Waals surface area contributed by atoms with Crippen molar-refractivity contribution in [3.8, 4) is 5.69 Å². The Labute approximate surface area is 187 Å². The highest BCUT2D eigenvalue weighted by molar-refractivity contribution is 6.30. The van der Waals surface area contributed by atoms with E-state index in [4.69, 9.17) is 11.6 Å². The fourth-order valence-electron chi connectivity index (χ4n) is 2.91. The molecule has 1 aromatic heterocycles. The van der Waals surface area contributed by atoms with Crippen molar-refractivity contribution in [2.45, 2.75) is 6.92 Å². The number of rotatable bonds is 5. The van der Waals surface area contributed by atoms with E-state index in [-0.39, 0.29) is 22.5 Å². The van der Waals surface area contributed by atoms with Crippen LogP contribution in [0.4, 0.5) is 5.69 Å². The summed E-state index contributed by atoms with van der Waals surface area (Å²) in [5.41, 5.74) is 0.243. The number of carbonyl (C=O) groups is 3. The monoisotopic (exact) mass is 455 g/mol. The molecule has 0 radical (unpaired) electrons. The number of hydrogen-bond acceptors (Lipinski definition) is 7. The van der Waals surface area contributed by atoms with Gasteiger partial charge in [-0.15, -0.1) is 0 Å². The summed E-state index contributed by atoms with van der Waals surface area (Å²) in [6.45, 7) is 1.67. The Bertz CT molecular complexity index is 1230. The van der Waals surface area contributed by atoms with Crippen molar-refractivity contribution in [1.29, 1.82) is 0 Å². The Morgan fingerprint density at radius 1 is 0.938 bits per heavy atom. The zero-order valence-corrected chi connectivity index (χ0v) is 18.1. The second-order valence-electron chi connectivity index (χ2n) is 6.62. The first-order chi connectivity index (χ1) is 15.2. The molecule has 10 heteroatoms. The van der Waals surface area contributed by atoms with Crippen LogP contribution in [0, 0.1) is 6.92 Å². The van der Waals surface area contributed by atoms with Crippen LogP contribution in [0.3, 0.4) is 0 Å². The topological polar surface area (TPSA) is 117 Å². The Balaban J connectivity index is 2.00. The number of ether oxygens (including phenoxy) is 2. The van der Waals surface area contributed by atoms with Crippen molar-refractivity contribution in [1.82, 2.24) is 9.78 Å². The molecule has 3 rings (SSSR count). The van der Waals surface area contributed by atoms with Crippen molar-refractivity contribution in [3.63, 3.8) is 0 Å². The number of aryl methyl sites for hydroxylation is 1. The minimum absolute atomic E-state index is 0.0149. The van der Waals surface area contributed by atoms with E-state index < -0.39 is 23.3 Å². The molecular weight excluding hydrogens is 438 g/mol. The third kappa shape index (κ3) is 4.84. The van der Waals surface area contributed by atoms with Crippen molar-refractivity contribution < 1.29 is 23.9 Å². The Morgan fingerprint density at radius 3 is 2.03 bits per heavy atom. The predicted molar refractivity (Wildman–Crippen MR) is 117 cm³/mol. The fourth-order valence-corrected chi connectivity index (χ4v) is 3.04. The smallest absolute Gasteiger partial charge is 0.337 e. The van der Waals surface area contributed by atoms with Gasteiger partial charge in [-0.25, -0.2) is 14.3 Å². The van der Waals surface area contributed by atoms with Gasteiger partial charge in [0, 0.05) is 22.5 Å². The first kappa shape index (κ1) is 22.7. The van der Waals surface area contributed by atoms with Gasteiger partial charge in [0.05, 0.1) is 31.0 Å². The first-order valence-corrected chi connectivity index (χ1v) is 9.61. The number of benzene rings is 2. The van der Waals surface area contributed by atoms with E-state index >= 15 is 0 Å². The second kappa shape index (κ2) is 9.44. The van der Waals surface area contributed by atoms with Crippen molar-refractivity contribution >= 4 is 35.1 Å². The highest BCUT2D eigenvalue weighted by atomic mass is 35.5. The third-order valence-corrected chi connectivity index (χ3v) is 4.68. The summed E-state index contributed by atoms with van der Waals surface area (Å²) in [6.07, 6.45) is 0. The maximum Gasteiger partial charge on any atom is 0.337 e. The molecule has 0 saturated carbocycles. The van der Waals surface area contributed by atoms with Crippen LogP contribution < -0.4 is 10.7 Å². The summed E-state index contributed by atoms with van der Waals surface area (Å²) in [6, 6.07) is 11.9. The number of nitrogens with one attached hydrogen (secondary N) is 1. The van der Waals surface area contributed by atoms with E-state index in [1.54, 1.807) is 31.2 Å². The van der Waals surface area contributed by atoms with Crippen LogP contribution in [-0.2, 0) is 9.47 Å². The predicted octanol–water partition coefficient (Wildman–Crippen LogP) is 3.02. The van der Waals surface area contributed by atoms with Crippen molar-refractivity contribution in [2.75, 3.05) is 19.5 Å². The van der Waals surface area contributed by atoms with Crippen LogP contribution >= 0.6 is 11.6 Å². The number of hydrogen-bond donors (Lipinski definition) is 1. The number of amides is 1. The molecule has 0 fully saturated rings. The molecule has 2 aromatic carbocycles. The number of methoxy groups -OCH3 is 2. The first-order valence-electron chi connectivity index (χ1n) is 9.23. The summed E-state index contributed by atoms with van der Waals surface area (Å²) in [5.74, 6) is -2.26. The maximum absolute atomic E-state index is 12.8. The van der Waals surface area contributed by atoms with Crippen molar-refractivity contribution in [3.05, 3.63) is 86.3 Å². The fraction of sp³-hybridized carbons (Fsp3) is 0.136. The largest absolute Gasteiger partial charge is 0.465 e. The minimum atomic E-state index is -0.824. The lowest BCUT2D eigenvalue weighted by Gasteiger charge is -2.12. The number of nitrogens with zero attached hydrogens (tertiary/aromatic N) is 2. The Kier molecular flexibility index (Phi) is 6.70. The molecule has 0 saturated heterocycles.